The van der Waals surface area contributed by atoms with Gasteiger partial charge in [-0.25, -0.2) is 4.39 Å². The molecule has 2 unspecified atom stereocenters. The summed E-state index contributed by atoms with van der Waals surface area (Å²) in [4.78, 5) is 18.4. The molecule has 0 spiro atoms. The predicted molar refractivity (Wildman–Crippen MR) is 141 cm³/mol. The normalized spacial score (nSPS) is 25.6. The minimum atomic E-state index is -0.166. The lowest BCUT2D eigenvalue weighted by molar-refractivity contribution is 0.0420. The van der Waals surface area contributed by atoms with Crippen molar-refractivity contribution < 1.29 is 13.9 Å². The third-order valence-corrected chi connectivity index (χ3v) is 8.66. The van der Waals surface area contributed by atoms with Gasteiger partial charge in [0.2, 0.25) is 0 Å². The number of hydrogen-bond acceptors (Lipinski definition) is 3. The molecule has 3 aromatic carbocycles. The zero-order valence-corrected chi connectivity index (χ0v) is 20.8. The van der Waals surface area contributed by atoms with Crippen LogP contribution in [-0.4, -0.2) is 61.1 Å². The standard InChI is InChI=1S/C31H35FN2O2/c32-26-12-10-22(11-13-26)23-14-16-33(17-15-23)19-25-20-34(21-29(25)30-9-4-18-36-30)31(35)28-8-3-6-24-5-1-2-7-27(24)28/h1-3,5-8,10-13,23,25,29-30H,4,9,14-21H2/t25?,29-,30?/m1/s1. The van der Waals surface area contributed by atoms with E-state index in [-0.39, 0.29) is 17.8 Å². The molecule has 0 bridgehead atoms. The zero-order valence-electron chi connectivity index (χ0n) is 20.8. The molecule has 3 aliphatic rings. The van der Waals surface area contributed by atoms with Crippen molar-refractivity contribution in [1.82, 2.24) is 9.80 Å². The van der Waals surface area contributed by atoms with Crippen molar-refractivity contribution in [3.05, 3.63) is 83.7 Å². The van der Waals surface area contributed by atoms with Gasteiger partial charge in [0.1, 0.15) is 5.82 Å². The molecule has 4 nitrogen and oxygen atoms in total. The van der Waals surface area contributed by atoms with E-state index in [4.69, 9.17) is 4.74 Å². The Morgan fingerprint density at radius 1 is 0.917 bits per heavy atom. The van der Waals surface area contributed by atoms with Crippen LogP contribution in [0, 0.1) is 17.7 Å². The average molecular weight is 487 g/mol. The minimum absolute atomic E-state index is 0.146. The number of rotatable bonds is 5. The van der Waals surface area contributed by atoms with Gasteiger partial charge in [0.25, 0.3) is 5.91 Å². The van der Waals surface area contributed by atoms with Crippen molar-refractivity contribution in [3.8, 4) is 0 Å². The Balaban J connectivity index is 1.15. The number of benzene rings is 3. The third-order valence-electron chi connectivity index (χ3n) is 8.66. The van der Waals surface area contributed by atoms with Crippen molar-refractivity contribution in [2.24, 2.45) is 11.8 Å². The quantitative estimate of drug-likeness (QED) is 0.462. The molecule has 3 atom stereocenters. The molecule has 0 radical (unpaired) electrons. The van der Waals surface area contributed by atoms with Crippen LogP contribution in [0.3, 0.4) is 0 Å². The molecular formula is C31H35FN2O2. The Kier molecular flexibility index (Phi) is 6.77. The van der Waals surface area contributed by atoms with Gasteiger partial charge in [-0.3, -0.25) is 4.79 Å². The first-order valence-electron chi connectivity index (χ1n) is 13.5. The van der Waals surface area contributed by atoms with Crippen LogP contribution < -0.4 is 0 Å². The van der Waals surface area contributed by atoms with E-state index in [0.717, 1.165) is 81.3 Å². The second kappa shape index (κ2) is 10.3. The maximum Gasteiger partial charge on any atom is 0.254 e. The number of ether oxygens (including phenoxy) is 1. The highest BCUT2D eigenvalue weighted by Gasteiger charge is 2.42. The van der Waals surface area contributed by atoms with Gasteiger partial charge in [0, 0.05) is 37.7 Å². The molecular weight excluding hydrogens is 451 g/mol. The van der Waals surface area contributed by atoms with Gasteiger partial charge >= 0.3 is 0 Å². The van der Waals surface area contributed by atoms with Crippen LogP contribution in [0.4, 0.5) is 4.39 Å². The zero-order chi connectivity index (χ0) is 24.5. The lowest BCUT2D eigenvalue weighted by atomic mass is 9.86. The summed E-state index contributed by atoms with van der Waals surface area (Å²) in [5, 5.41) is 2.14. The van der Waals surface area contributed by atoms with Crippen molar-refractivity contribution >= 4 is 16.7 Å². The summed E-state index contributed by atoms with van der Waals surface area (Å²) >= 11 is 0. The highest BCUT2D eigenvalue weighted by atomic mass is 19.1. The summed E-state index contributed by atoms with van der Waals surface area (Å²) in [5.41, 5.74) is 2.06. The number of hydrogen-bond donors (Lipinski definition) is 0. The predicted octanol–water partition coefficient (Wildman–Crippen LogP) is 5.73. The van der Waals surface area contributed by atoms with Crippen molar-refractivity contribution in [3.63, 3.8) is 0 Å². The van der Waals surface area contributed by atoms with Gasteiger partial charge in [-0.05, 0) is 85.1 Å². The Morgan fingerprint density at radius 2 is 1.69 bits per heavy atom. The molecule has 3 aliphatic heterocycles. The first kappa shape index (κ1) is 23.6. The number of piperidine rings is 1. The molecule has 3 saturated heterocycles. The smallest absolute Gasteiger partial charge is 0.254 e. The molecule has 188 valence electrons. The SMILES string of the molecule is O=C(c1cccc2ccccc12)N1CC(CN2CCC(c3ccc(F)cc3)CC2)[C@H](C2CCCO2)C1. The van der Waals surface area contributed by atoms with Crippen LogP contribution in [0.2, 0.25) is 0 Å². The number of nitrogens with zero attached hydrogens (tertiary/aromatic N) is 2. The molecule has 0 aromatic heterocycles. The van der Waals surface area contributed by atoms with Crippen LogP contribution >= 0.6 is 0 Å². The molecule has 3 aromatic rings. The Bertz CT molecular complexity index is 1190. The fourth-order valence-corrected chi connectivity index (χ4v) is 6.71. The first-order chi connectivity index (χ1) is 17.7. The Labute approximate surface area is 213 Å². The van der Waals surface area contributed by atoms with Crippen LogP contribution in [0.15, 0.2) is 66.7 Å². The molecule has 0 aliphatic carbocycles. The van der Waals surface area contributed by atoms with E-state index >= 15 is 0 Å². The number of amides is 1. The fourth-order valence-electron chi connectivity index (χ4n) is 6.71. The monoisotopic (exact) mass is 486 g/mol. The Hall–Kier alpha value is -2.76. The maximum absolute atomic E-state index is 13.7. The average Bonchev–Trinajstić information content (AvgIpc) is 3.59. The minimum Gasteiger partial charge on any atom is -0.378 e. The summed E-state index contributed by atoms with van der Waals surface area (Å²) in [6, 6.07) is 21.2. The lowest BCUT2D eigenvalue weighted by Gasteiger charge is -2.35. The van der Waals surface area contributed by atoms with Crippen LogP contribution in [-0.2, 0) is 4.74 Å². The summed E-state index contributed by atoms with van der Waals surface area (Å²) < 4.78 is 19.5. The molecule has 0 N–H and O–H groups in total. The highest BCUT2D eigenvalue weighted by Crippen LogP contribution is 2.36. The molecule has 3 fully saturated rings. The number of halogens is 1. The van der Waals surface area contributed by atoms with E-state index in [9.17, 15) is 9.18 Å². The number of carbonyl (C=O) groups excluding carboxylic acids is 1. The third kappa shape index (κ3) is 4.79. The van der Waals surface area contributed by atoms with Crippen molar-refractivity contribution in [2.75, 3.05) is 39.3 Å². The van der Waals surface area contributed by atoms with Gasteiger partial charge in [0.15, 0.2) is 0 Å². The van der Waals surface area contributed by atoms with Gasteiger partial charge in [0.05, 0.1) is 6.10 Å². The maximum atomic E-state index is 13.7. The van der Waals surface area contributed by atoms with E-state index in [2.05, 4.69) is 28.0 Å². The molecule has 5 heteroatoms. The topological polar surface area (TPSA) is 32.8 Å². The number of carbonyl (C=O) groups is 1. The summed E-state index contributed by atoms with van der Waals surface area (Å²) in [7, 11) is 0. The van der Waals surface area contributed by atoms with E-state index in [1.165, 1.54) is 5.56 Å². The van der Waals surface area contributed by atoms with Crippen molar-refractivity contribution in [2.45, 2.75) is 37.7 Å². The van der Waals surface area contributed by atoms with E-state index in [1.807, 2.05) is 36.4 Å². The summed E-state index contributed by atoms with van der Waals surface area (Å²) in [6.45, 7) is 5.53. The first-order valence-corrected chi connectivity index (χ1v) is 13.5. The Morgan fingerprint density at radius 3 is 2.47 bits per heavy atom. The van der Waals surface area contributed by atoms with Gasteiger partial charge in [-0.15, -0.1) is 0 Å². The van der Waals surface area contributed by atoms with Crippen molar-refractivity contribution in [1.29, 1.82) is 0 Å². The van der Waals surface area contributed by atoms with Crippen LogP contribution in [0.1, 0.15) is 47.5 Å². The van der Waals surface area contributed by atoms with E-state index in [1.54, 1.807) is 12.1 Å². The molecule has 1 amide bonds. The van der Waals surface area contributed by atoms with E-state index in [0.29, 0.717) is 17.8 Å². The molecule has 0 saturated carbocycles. The van der Waals surface area contributed by atoms with Gasteiger partial charge < -0.3 is 14.5 Å². The van der Waals surface area contributed by atoms with E-state index < -0.39 is 0 Å². The molecule has 36 heavy (non-hydrogen) atoms. The summed E-state index contributed by atoms with van der Waals surface area (Å²) in [6.07, 6.45) is 4.68. The molecule has 3 heterocycles. The number of likely N-dealkylation sites (tertiary alicyclic amines) is 2. The highest BCUT2D eigenvalue weighted by molar-refractivity contribution is 6.07. The van der Waals surface area contributed by atoms with Crippen LogP contribution in [0.5, 0.6) is 0 Å². The van der Waals surface area contributed by atoms with Gasteiger partial charge in [-0.2, -0.15) is 0 Å². The largest absolute Gasteiger partial charge is 0.378 e. The second-order valence-corrected chi connectivity index (χ2v) is 10.8. The number of fused-ring (bicyclic) bond motifs is 1. The second-order valence-electron chi connectivity index (χ2n) is 10.8. The lowest BCUT2D eigenvalue weighted by Crippen LogP contribution is -2.40. The van der Waals surface area contributed by atoms with Gasteiger partial charge in [-0.1, -0.05) is 48.5 Å². The summed E-state index contributed by atoms with van der Waals surface area (Å²) in [5.74, 6) is 1.30. The molecule has 6 rings (SSSR count). The fraction of sp³-hybridized carbons (Fsp3) is 0.452. The van der Waals surface area contributed by atoms with Crippen LogP contribution in [0.25, 0.3) is 10.8 Å².